The van der Waals surface area contributed by atoms with Gasteiger partial charge in [0.1, 0.15) is 0 Å². The first-order valence-corrected chi connectivity index (χ1v) is 13.6. The predicted molar refractivity (Wildman–Crippen MR) is 120 cm³/mol. The summed E-state index contributed by atoms with van der Waals surface area (Å²) in [6.45, 7) is 4.35. The monoisotopic (exact) mass is 420 g/mol. The largest absolute Gasteiger partial charge is 0.393 e. The third-order valence-electron chi connectivity index (χ3n) is 5.76. The summed E-state index contributed by atoms with van der Waals surface area (Å²) >= 11 is 0. The SMILES string of the molecule is CCCCCCCC(O)CCCCCCCCC(CCCCCC)S(=O)(=O)O. The fraction of sp³-hybridized carbons (Fsp3) is 1.00. The van der Waals surface area contributed by atoms with Crippen LogP contribution in [0.4, 0.5) is 0 Å². The van der Waals surface area contributed by atoms with E-state index in [1.807, 2.05) is 0 Å². The van der Waals surface area contributed by atoms with Gasteiger partial charge in [0.25, 0.3) is 10.1 Å². The minimum absolute atomic E-state index is 0.134. The summed E-state index contributed by atoms with van der Waals surface area (Å²) in [5.41, 5.74) is 0. The summed E-state index contributed by atoms with van der Waals surface area (Å²) in [7, 11) is -3.90. The molecule has 0 aromatic heterocycles. The van der Waals surface area contributed by atoms with Crippen LogP contribution in [-0.4, -0.2) is 29.4 Å². The summed E-state index contributed by atoms with van der Waals surface area (Å²) in [5.74, 6) is 0. The molecular formula is C23H48O4S. The van der Waals surface area contributed by atoms with Crippen molar-refractivity contribution in [2.75, 3.05) is 0 Å². The number of unbranched alkanes of at least 4 members (excludes halogenated alkanes) is 12. The fourth-order valence-electron chi connectivity index (χ4n) is 3.83. The van der Waals surface area contributed by atoms with Gasteiger partial charge in [0.05, 0.1) is 11.4 Å². The van der Waals surface area contributed by atoms with E-state index in [4.69, 9.17) is 0 Å². The predicted octanol–water partition coefficient (Wildman–Crippen LogP) is 7.06. The quantitative estimate of drug-likeness (QED) is 0.154. The van der Waals surface area contributed by atoms with Crippen LogP contribution in [0.3, 0.4) is 0 Å². The molecular weight excluding hydrogens is 372 g/mol. The normalized spacial score (nSPS) is 14.3. The maximum absolute atomic E-state index is 11.5. The van der Waals surface area contributed by atoms with Crippen LogP contribution in [0.2, 0.25) is 0 Å². The molecule has 5 heteroatoms. The summed E-state index contributed by atoms with van der Waals surface area (Å²) < 4.78 is 32.5. The van der Waals surface area contributed by atoms with Gasteiger partial charge in [-0.2, -0.15) is 8.42 Å². The first kappa shape index (κ1) is 27.9. The van der Waals surface area contributed by atoms with Crippen molar-refractivity contribution in [1.29, 1.82) is 0 Å². The second-order valence-corrected chi connectivity index (χ2v) is 10.2. The van der Waals surface area contributed by atoms with Gasteiger partial charge in [0, 0.05) is 0 Å². The lowest BCUT2D eigenvalue weighted by Crippen LogP contribution is -2.20. The molecule has 28 heavy (non-hydrogen) atoms. The van der Waals surface area contributed by atoms with Crippen LogP contribution in [0.1, 0.15) is 136 Å². The van der Waals surface area contributed by atoms with Crippen LogP contribution >= 0.6 is 0 Å². The summed E-state index contributed by atoms with van der Waals surface area (Å²) in [6.07, 6.45) is 19.7. The molecule has 0 rings (SSSR count). The summed E-state index contributed by atoms with van der Waals surface area (Å²) in [6, 6.07) is 0. The van der Waals surface area contributed by atoms with Crippen LogP contribution < -0.4 is 0 Å². The molecule has 170 valence electrons. The molecule has 2 N–H and O–H groups in total. The first-order valence-electron chi connectivity index (χ1n) is 12.1. The molecule has 4 nitrogen and oxygen atoms in total. The van der Waals surface area contributed by atoms with E-state index >= 15 is 0 Å². The highest BCUT2D eigenvalue weighted by Crippen LogP contribution is 2.19. The van der Waals surface area contributed by atoms with Crippen molar-refractivity contribution in [1.82, 2.24) is 0 Å². The molecule has 0 amide bonds. The Bertz CT molecular complexity index is 422. The number of aliphatic hydroxyl groups excluding tert-OH is 1. The molecule has 0 aliphatic carbocycles. The Hall–Kier alpha value is -0.130. The molecule has 0 saturated heterocycles. The molecule has 0 radical (unpaired) electrons. The molecule has 0 aliphatic rings. The Morgan fingerprint density at radius 1 is 0.571 bits per heavy atom. The van der Waals surface area contributed by atoms with E-state index in [9.17, 15) is 18.1 Å². The van der Waals surface area contributed by atoms with Crippen molar-refractivity contribution in [2.24, 2.45) is 0 Å². The summed E-state index contributed by atoms with van der Waals surface area (Å²) in [4.78, 5) is 0. The molecule has 0 aromatic carbocycles. The van der Waals surface area contributed by atoms with Gasteiger partial charge in [-0.15, -0.1) is 0 Å². The second kappa shape index (κ2) is 18.9. The molecule has 2 unspecified atom stereocenters. The lowest BCUT2D eigenvalue weighted by Gasteiger charge is -2.13. The average Bonchev–Trinajstić information content (AvgIpc) is 2.64. The van der Waals surface area contributed by atoms with E-state index in [-0.39, 0.29) is 6.10 Å². The van der Waals surface area contributed by atoms with Crippen molar-refractivity contribution in [3.8, 4) is 0 Å². The van der Waals surface area contributed by atoms with Crippen molar-refractivity contribution < 1.29 is 18.1 Å². The molecule has 0 aromatic rings. The van der Waals surface area contributed by atoms with E-state index in [0.29, 0.717) is 12.8 Å². The highest BCUT2D eigenvalue weighted by molar-refractivity contribution is 7.86. The molecule has 0 aliphatic heterocycles. The molecule has 0 spiro atoms. The van der Waals surface area contributed by atoms with Crippen LogP contribution in [0.25, 0.3) is 0 Å². The van der Waals surface area contributed by atoms with E-state index in [2.05, 4.69) is 13.8 Å². The van der Waals surface area contributed by atoms with Gasteiger partial charge in [-0.05, 0) is 25.7 Å². The number of hydrogen-bond acceptors (Lipinski definition) is 3. The molecule has 0 saturated carbocycles. The number of hydrogen-bond donors (Lipinski definition) is 2. The Balaban J connectivity index is 3.61. The van der Waals surface area contributed by atoms with E-state index in [0.717, 1.165) is 83.5 Å². The topological polar surface area (TPSA) is 74.6 Å². The average molecular weight is 421 g/mol. The summed E-state index contributed by atoms with van der Waals surface area (Å²) in [5, 5.41) is 9.44. The van der Waals surface area contributed by atoms with Crippen LogP contribution in [0, 0.1) is 0 Å². The first-order chi connectivity index (χ1) is 13.4. The molecule has 2 atom stereocenters. The Kier molecular flexibility index (Phi) is 18.8. The zero-order valence-electron chi connectivity index (χ0n) is 18.7. The molecule has 0 heterocycles. The Morgan fingerprint density at radius 2 is 0.893 bits per heavy atom. The van der Waals surface area contributed by atoms with Gasteiger partial charge in [-0.1, -0.05) is 110 Å². The van der Waals surface area contributed by atoms with Gasteiger partial charge in [-0.3, -0.25) is 4.55 Å². The van der Waals surface area contributed by atoms with Crippen LogP contribution in [0.15, 0.2) is 0 Å². The van der Waals surface area contributed by atoms with Gasteiger partial charge in [0.2, 0.25) is 0 Å². The highest BCUT2D eigenvalue weighted by atomic mass is 32.2. The van der Waals surface area contributed by atoms with Gasteiger partial charge >= 0.3 is 0 Å². The number of rotatable bonds is 21. The minimum atomic E-state index is -3.90. The lowest BCUT2D eigenvalue weighted by molar-refractivity contribution is 0.147. The second-order valence-electron chi connectivity index (χ2n) is 8.54. The van der Waals surface area contributed by atoms with Crippen molar-refractivity contribution in [3.63, 3.8) is 0 Å². The third kappa shape index (κ3) is 17.9. The van der Waals surface area contributed by atoms with Crippen molar-refractivity contribution in [3.05, 3.63) is 0 Å². The van der Waals surface area contributed by atoms with E-state index in [1.54, 1.807) is 0 Å². The van der Waals surface area contributed by atoms with Crippen molar-refractivity contribution >= 4 is 10.1 Å². The molecule has 0 bridgehead atoms. The van der Waals surface area contributed by atoms with Crippen LogP contribution in [-0.2, 0) is 10.1 Å². The van der Waals surface area contributed by atoms with E-state index in [1.165, 1.54) is 25.7 Å². The van der Waals surface area contributed by atoms with Crippen LogP contribution in [0.5, 0.6) is 0 Å². The zero-order chi connectivity index (χ0) is 21.1. The standard InChI is InChI=1S/C23H48O4S/c1-3-5-7-11-14-18-22(24)19-15-12-9-10-13-17-21-23(28(25,26)27)20-16-8-6-4-2/h22-24H,3-21H2,1-2H3,(H,25,26,27). The highest BCUT2D eigenvalue weighted by Gasteiger charge is 2.21. The lowest BCUT2D eigenvalue weighted by atomic mass is 10.0. The Morgan fingerprint density at radius 3 is 1.29 bits per heavy atom. The van der Waals surface area contributed by atoms with Gasteiger partial charge in [0.15, 0.2) is 0 Å². The Labute approximate surface area is 175 Å². The zero-order valence-corrected chi connectivity index (χ0v) is 19.5. The third-order valence-corrected chi connectivity index (χ3v) is 7.07. The molecule has 0 fully saturated rings. The van der Waals surface area contributed by atoms with Crippen molar-refractivity contribution in [2.45, 2.75) is 147 Å². The van der Waals surface area contributed by atoms with Gasteiger partial charge < -0.3 is 5.11 Å². The van der Waals surface area contributed by atoms with E-state index < -0.39 is 15.4 Å². The number of aliphatic hydroxyl groups is 1. The maximum Gasteiger partial charge on any atom is 0.267 e. The maximum atomic E-state index is 11.5. The fourth-order valence-corrected chi connectivity index (χ4v) is 4.76. The van der Waals surface area contributed by atoms with Gasteiger partial charge in [-0.25, -0.2) is 0 Å². The minimum Gasteiger partial charge on any atom is -0.393 e. The smallest absolute Gasteiger partial charge is 0.267 e.